The van der Waals surface area contributed by atoms with Crippen LogP contribution in [-0.2, 0) is 0 Å². The Morgan fingerprint density at radius 3 is 2.94 bits per heavy atom. The van der Waals surface area contributed by atoms with Crippen molar-refractivity contribution in [3.8, 4) is 5.75 Å². The molecule has 2 atom stereocenters. The molecule has 0 aromatic heterocycles. The van der Waals surface area contributed by atoms with Gasteiger partial charge in [0.25, 0.3) is 5.91 Å². The van der Waals surface area contributed by atoms with E-state index in [1.807, 2.05) is 0 Å². The van der Waals surface area contributed by atoms with E-state index >= 15 is 0 Å². The van der Waals surface area contributed by atoms with Crippen molar-refractivity contribution in [2.45, 2.75) is 24.6 Å². The van der Waals surface area contributed by atoms with Crippen molar-refractivity contribution in [2.75, 3.05) is 6.54 Å². The minimum Gasteiger partial charge on any atom is -0.508 e. The van der Waals surface area contributed by atoms with Crippen LogP contribution in [0.3, 0.4) is 0 Å². The molecule has 1 aromatic rings. The molecule has 0 radical (unpaired) electrons. The number of hydrogen-bond acceptors (Lipinski definition) is 2. The zero-order valence-corrected chi connectivity index (χ0v) is 10.3. The number of benzene rings is 1. The quantitative estimate of drug-likeness (QED) is 0.814. The van der Waals surface area contributed by atoms with E-state index in [2.05, 4.69) is 5.32 Å². The summed E-state index contributed by atoms with van der Waals surface area (Å²) in [6, 6.07) is 6.34. The van der Waals surface area contributed by atoms with Crippen LogP contribution < -0.4 is 5.32 Å². The minimum absolute atomic E-state index is 0.105. The van der Waals surface area contributed by atoms with E-state index in [0.717, 1.165) is 19.3 Å². The molecule has 0 bridgehead atoms. The summed E-state index contributed by atoms with van der Waals surface area (Å²) < 4.78 is 0. The molecule has 92 valence electrons. The van der Waals surface area contributed by atoms with E-state index in [1.54, 1.807) is 18.2 Å². The van der Waals surface area contributed by atoms with E-state index in [0.29, 0.717) is 18.0 Å². The van der Waals surface area contributed by atoms with Crippen molar-refractivity contribution in [1.29, 1.82) is 0 Å². The molecule has 1 amide bonds. The SMILES string of the molecule is O=C(NCC1CCCC1Cl)c1cccc(O)c1. The zero-order chi connectivity index (χ0) is 12.3. The Labute approximate surface area is 106 Å². The van der Waals surface area contributed by atoms with Crippen molar-refractivity contribution < 1.29 is 9.90 Å². The van der Waals surface area contributed by atoms with Crippen LogP contribution in [0, 0.1) is 5.92 Å². The molecule has 1 aromatic carbocycles. The average Bonchev–Trinajstić information content (AvgIpc) is 2.72. The number of halogens is 1. The second kappa shape index (κ2) is 5.41. The van der Waals surface area contributed by atoms with Gasteiger partial charge in [0.05, 0.1) is 0 Å². The van der Waals surface area contributed by atoms with Crippen LogP contribution in [0.15, 0.2) is 24.3 Å². The predicted molar refractivity (Wildman–Crippen MR) is 67.4 cm³/mol. The van der Waals surface area contributed by atoms with Gasteiger partial charge >= 0.3 is 0 Å². The van der Waals surface area contributed by atoms with Crippen LogP contribution in [0.5, 0.6) is 5.75 Å². The van der Waals surface area contributed by atoms with Gasteiger partial charge in [0, 0.05) is 17.5 Å². The van der Waals surface area contributed by atoms with Gasteiger partial charge in [-0.05, 0) is 37.0 Å². The lowest BCUT2D eigenvalue weighted by molar-refractivity contribution is 0.0947. The Balaban J connectivity index is 1.89. The number of rotatable bonds is 3. The summed E-state index contributed by atoms with van der Waals surface area (Å²) in [6.45, 7) is 0.614. The highest BCUT2D eigenvalue weighted by atomic mass is 35.5. The number of carbonyl (C=O) groups excluding carboxylic acids is 1. The van der Waals surface area contributed by atoms with Gasteiger partial charge in [0.1, 0.15) is 5.75 Å². The van der Waals surface area contributed by atoms with Gasteiger partial charge in [0.15, 0.2) is 0 Å². The Kier molecular flexibility index (Phi) is 3.89. The topological polar surface area (TPSA) is 49.3 Å². The predicted octanol–water partition coefficient (Wildman–Crippen LogP) is 2.53. The molecule has 2 unspecified atom stereocenters. The van der Waals surface area contributed by atoms with Gasteiger partial charge in [-0.15, -0.1) is 11.6 Å². The van der Waals surface area contributed by atoms with E-state index in [9.17, 15) is 9.90 Å². The highest BCUT2D eigenvalue weighted by Crippen LogP contribution is 2.29. The first-order valence-electron chi connectivity index (χ1n) is 5.88. The van der Waals surface area contributed by atoms with Gasteiger partial charge in [-0.2, -0.15) is 0 Å². The van der Waals surface area contributed by atoms with E-state index in [1.165, 1.54) is 6.07 Å². The van der Waals surface area contributed by atoms with Crippen LogP contribution >= 0.6 is 11.6 Å². The van der Waals surface area contributed by atoms with Crippen LogP contribution in [0.4, 0.5) is 0 Å². The highest BCUT2D eigenvalue weighted by Gasteiger charge is 2.25. The molecule has 0 heterocycles. The van der Waals surface area contributed by atoms with Crippen molar-refractivity contribution in [1.82, 2.24) is 5.32 Å². The molecule has 2 rings (SSSR count). The van der Waals surface area contributed by atoms with Crippen LogP contribution in [0.2, 0.25) is 0 Å². The third-order valence-electron chi connectivity index (χ3n) is 3.20. The van der Waals surface area contributed by atoms with E-state index in [-0.39, 0.29) is 17.0 Å². The molecule has 0 aliphatic heterocycles. The Morgan fingerprint density at radius 1 is 1.47 bits per heavy atom. The largest absolute Gasteiger partial charge is 0.508 e. The van der Waals surface area contributed by atoms with Gasteiger partial charge in [0.2, 0.25) is 0 Å². The third-order valence-corrected chi connectivity index (χ3v) is 3.77. The molecule has 1 fully saturated rings. The van der Waals surface area contributed by atoms with Crippen molar-refractivity contribution in [3.05, 3.63) is 29.8 Å². The number of nitrogens with one attached hydrogen (secondary N) is 1. The van der Waals surface area contributed by atoms with E-state index in [4.69, 9.17) is 11.6 Å². The molecule has 0 spiro atoms. The molecule has 1 aliphatic rings. The fraction of sp³-hybridized carbons (Fsp3) is 0.462. The molecule has 17 heavy (non-hydrogen) atoms. The van der Waals surface area contributed by atoms with Crippen LogP contribution in [-0.4, -0.2) is 22.9 Å². The first-order valence-corrected chi connectivity index (χ1v) is 6.32. The Bertz CT molecular complexity index is 408. The summed E-state index contributed by atoms with van der Waals surface area (Å²) in [7, 11) is 0. The average molecular weight is 254 g/mol. The number of amides is 1. The number of aromatic hydroxyl groups is 1. The standard InChI is InChI=1S/C13H16ClNO2/c14-12-6-2-4-10(12)8-15-13(17)9-3-1-5-11(16)7-9/h1,3,5,7,10,12,16H,2,4,6,8H2,(H,15,17). The maximum absolute atomic E-state index is 11.8. The molecular formula is C13H16ClNO2. The van der Waals surface area contributed by atoms with Crippen LogP contribution in [0.1, 0.15) is 29.6 Å². The van der Waals surface area contributed by atoms with Crippen molar-refractivity contribution >= 4 is 17.5 Å². The molecule has 0 saturated heterocycles. The molecule has 3 nitrogen and oxygen atoms in total. The molecule has 4 heteroatoms. The van der Waals surface area contributed by atoms with Gasteiger partial charge in [-0.3, -0.25) is 4.79 Å². The zero-order valence-electron chi connectivity index (χ0n) is 9.53. The summed E-state index contributed by atoms with van der Waals surface area (Å²) in [5, 5.41) is 12.3. The summed E-state index contributed by atoms with van der Waals surface area (Å²) in [6.07, 6.45) is 3.25. The summed E-state index contributed by atoms with van der Waals surface area (Å²) in [4.78, 5) is 11.8. The number of phenolic OH excluding ortho intramolecular Hbond substituents is 1. The first-order chi connectivity index (χ1) is 8.16. The first kappa shape index (κ1) is 12.2. The monoisotopic (exact) mass is 253 g/mol. The fourth-order valence-electron chi connectivity index (χ4n) is 2.19. The fourth-order valence-corrected chi connectivity index (χ4v) is 2.56. The second-order valence-electron chi connectivity index (χ2n) is 4.47. The van der Waals surface area contributed by atoms with Gasteiger partial charge in [-0.1, -0.05) is 12.5 Å². The second-order valence-corrected chi connectivity index (χ2v) is 5.03. The Morgan fingerprint density at radius 2 is 2.29 bits per heavy atom. The number of alkyl halides is 1. The molecular weight excluding hydrogens is 238 g/mol. The van der Waals surface area contributed by atoms with E-state index < -0.39 is 0 Å². The highest BCUT2D eigenvalue weighted by molar-refractivity contribution is 6.21. The molecule has 2 N–H and O–H groups in total. The summed E-state index contributed by atoms with van der Waals surface area (Å²) >= 11 is 6.14. The number of phenols is 1. The summed E-state index contributed by atoms with van der Waals surface area (Å²) in [5.41, 5.74) is 0.481. The minimum atomic E-state index is -0.156. The smallest absolute Gasteiger partial charge is 0.251 e. The van der Waals surface area contributed by atoms with Crippen molar-refractivity contribution in [2.24, 2.45) is 5.92 Å². The maximum Gasteiger partial charge on any atom is 0.251 e. The lowest BCUT2D eigenvalue weighted by atomic mass is 10.1. The summed E-state index contributed by atoms with van der Waals surface area (Å²) in [5.74, 6) is 0.323. The number of carbonyl (C=O) groups is 1. The normalized spacial score (nSPS) is 23.6. The molecule has 1 aliphatic carbocycles. The lowest BCUT2D eigenvalue weighted by Crippen LogP contribution is -2.31. The van der Waals surface area contributed by atoms with Gasteiger partial charge in [-0.25, -0.2) is 0 Å². The van der Waals surface area contributed by atoms with Crippen molar-refractivity contribution in [3.63, 3.8) is 0 Å². The number of hydrogen-bond donors (Lipinski definition) is 2. The molecule has 1 saturated carbocycles. The third kappa shape index (κ3) is 3.13. The van der Waals surface area contributed by atoms with Crippen LogP contribution in [0.25, 0.3) is 0 Å². The maximum atomic E-state index is 11.8. The Hall–Kier alpha value is -1.22. The van der Waals surface area contributed by atoms with Gasteiger partial charge < -0.3 is 10.4 Å². The lowest BCUT2D eigenvalue weighted by Gasteiger charge is -2.14.